The maximum Gasteiger partial charge on any atom is 0.396 e. The van der Waals surface area contributed by atoms with E-state index in [1.165, 1.54) is 18.4 Å². The van der Waals surface area contributed by atoms with Gasteiger partial charge in [-0.1, -0.05) is 0 Å². The van der Waals surface area contributed by atoms with Gasteiger partial charge in [0.2, 0.25) is 0 Å². The quantitative estimate of drug-likeness (QED) is 0.545. The van der Waals surface area contributed by atoms with Gasteiger partial charge < -0.3 is 10.1 Å². The summed E-state index contributed by atoms with van der Waals surface area (Å²) in [6, 6.07) is 3.60. The average molecular weight is 199 g/mol. The number of methoxy groups -OCH3 is 1. The van der Waals surface area contributed by atoms with Gasteiger partial charge in [0, 0.05) is 4.88 Å². The fourth-order valence-corrected chi connectivity index (χ4v) is 1.52. The molecule has 1 aromatic heterocycles. The van der Waals surface area contributed by atoms with E-state index in [2.05, 4.69) is 10.1 Å². The van der Waals surface area contributed by atoms with Gasteiger partial charge >= 0.3 is 11.9 Å². The van der Waals surface area contributed by atoms with E-state index >= 15 is 0 Å². The Kier molecular flexibility index (Phi) is 3.02. The summed E-state index contributed by atoms with van der Waals surface area (Å²) in [6.45, 7) is 1.92. The lowest BCUT2D eigenvalue weighted by Gasteiger charge is -1.98. The van der Waals surface area contributed by atoms with Gasteiger partial charge in [0.15, 0.2) is 0 Å². The number of thiophene rings is 1. The van der Waals surface area contributed by atoms with E-state index in [9.17, 15) is 9.59 Å². The van der Waals surface area contributed by atoms with Gasteiger partial charge in [-0.3, -0.25) is 4.79 Å². The topological polar surface area (TPSA) is 55.4 Å². The van der Waals surface area contributed by atoms with Crippen LogP contribution in [0.5, 0.6) is 0 Å². The molecule has 0 unspecified atom stereocenters. The van der Waals surface area contributed by atoms with Crippen molar-refractivity contribution in [3.8, 4) is 0 Å². The lowest BCUT2D eigenvalue weighted by atomic mass is 10.5. The number of carbonyl (C=O) groups is 2. The van der Waals surface area contributed by atoms with Gasteiger partial charge in [-0.25, -0.2) is 4.79 Å². The minimum atomic E-state index is -0.883. The van der Waals surface area contributed by atoms with E-state index in [-0.39, 0.29) is 0 Å². The summed E-state index contributed by atoms with van der Waals surface area (Å²) in [6.07, 6.45) is 0. The molecule has 0 saturated carbocycles. The van der Waals surface area contributed by atoms with Gasteiger partial charge in [0.25, 0.3) is 0 Å². The van der Waals surface area contributed by atoms with Crippen LogP contribution < -0.4 is 5.32 Å². The highest BCUT2D eigenvalue weighted by molar-refractivity contribution is 7.16. The summed E-state index contributed by atoms with van der Waals surface area (Å²) in [7, 11) is 1.17. The van der Waals surface area contributed by atoms with Crippen molar-refractivity contribution in [3.05, 3.63) is 17.0 Å². The number of amides is 1. The zero-order chi connectivity index (χ0) is 9.84. The van der Waals surface area contributed by atoms with Gasteiger partial charge in [0.05, 0.1) is 12.1 Å². The molecule has 1 rings (SSSR count). The summed E-state index contributed by atoms with van der Waals surface area (Å²) in [4.78, 5) is 22.7. The highest BCUT2D eigenvalue weighted by Gasteiger charge is 2.13. The Labute approximate surface area is 79.5 Å². The van der Waals surface area contributed by atoms with Crippen molar-refractivity contribution in [1.82, 2.24) is 0 Å². The molecule has 0 atom stereocenters. The first kappa shape index (κ1) is 9.73. The molecule has 13 heavy (non-hydrogen) atoms. The Balaban J connectivity index is 2.60. The van der Waals surface area contributed by atoms with E-state index in [0.29, 0.717) is 5.00 Å². The van der Waals surface area contributed by atoms with Crippen molar-refractivity contribution >= 4 is 28.2 Å². The maximum absolute atomic E-state index is 11.0. The number of hydrogen-bond donors (Lipinski definition) is 1. The van der Waals surface area contributed by atoms with Crippen molar-refractivity contribution in [1.29, 1.82) is 0 Å². The number of rotatable bonds is 1. The number of anilines is 1. The molecule has 0 aromatic carbocycles. The summed E-state index contributed by atoms with van der Waals surface area (Å²) in [5, 5.41) is 3.06. The first-order valence-corrected chi connectivity index (χ1v) is 4.41. The van der Waals surface area contributed by atoms with Crippen molar-refractivity contribution in [2.75, 3.05) is 12.4 Å². The normalized spacial score (nSPS) is 9.38. The Morgan fingerprint density at radius 3 is 2.62 bits per heavy atom. The molecular formula is C8H9NO3S. The van der Waals surface area contributed by atoms with E-state index < -0.39 is 11.9 Å². The van der Waals surface area contributed by atoms with Gasteiger partial charge in [0.1, 0.15) is 0 Å². The molecule has 0 aliphatic rings. The molecule has 1 aromatic rings. The molecule has 1 N–H and O–H groups in total. The van der Waals surface area contributed by atoms with E-state index in [4.69, 9.17) is 0 Å². The summed E-state index contributed by atoms with van der Waals surface area (Å²) in [5.41, 5.74) is 0. The minimum absolute atomic E-state index is 0.646. The first-order valence-electron chi connectivity index (χ1n) is 3.59. The van der Waals surface area contributed by atoms with Crippen LogP contribution in [0.25, 0.3) is 0 Å². The number of carbonyl (C=O) groups excluding carboxylic acids is 2. The van der Waals surface area contributed by atoms with E-state index in [1.54, 1.807) is 6.07 Å². The van der Waals surface area contributed by atoms with Crippen molar-refractivity contribution in [3.63, 3.8) is 0 Å². The molecule has 1 heterocycles. The Bertz CT molecular complexity index is 332. The van der Waals surface area contributed by atoms with Crippen molar-refractivity contribution in [2.45, 2.75) is 6.92 Å². The van der Waals surface area contributed by atoms with Crippen LogP contribution in [-0.4, -0.2) is 19.0 Å². The zero-order valence-electron chi connectivity index (χ0n) is 7.29. The molecule has 0 fully saturated rings. The standard InChI is InChI=1S/C8H9NO3S/c1-5-3-4-6(13-5)9-7(10)8(11)12-2/h3-4H,1-2H3,(H,9,10). The van der Waals surface area contributed by atoms with Crippen LogP contribution in [0.15, 0.2) is 12.1 Å². The molecule has 5 heteroatoms. The molecule has 0 spiro atoms. The summed E-state index contributed by atoms with van der Waals surface area (Å²) < 4.78 is 4.24. The SMILES string of the molecule is COC(=O)C(=O)Nc1ccc(C)s1. The third kappa shape index (κ3) is 2.55. The molecular weight excluding hydrogens is 190 g/mol. The second-order valence-corrected chi connectivity index (χ2v) is 3.64. The molecule has 4 nitrogen and oxygen atoms in total. The van der Waals surface area contributed by atoms with E-state index in [0.717, 1.165) is 4.88 Å². The summed E-state index contributed by atoms with van der Waals surface area (Å²) in [5.74, 6) is -1.63. The largest absolute Gasteiger partial charge is 0.462 e. The predicted molar refractivity (Wildman–Crippen MR) is 49.7 cm³/mol. The fourth-order valence-electron chi connectivity index (χ4n) is 0.757. The van der Waals surface area contributed by atoms with Gasteiger partial charge in [-0.2, -0.15) is 0 Å². The number of hydrogen-bond acceptors (Lipinski definition) is 4. The van der Waals surface area contributed by atoms with Gasteiger partial charge in [-0.15, -0.1) is 11.3 Å². The third-order valence-corrected chi connectivity index (χ3v) is 2.26. The van der Waals surface area contributed by atoms with Crippen LogP contribution in [0.3, 0.4) is 0 Å². The van der Waals surface area contributed by atoms with Crippen LogP contribution in [0.1, 0.15) is 4.88 Å². The molecule has 1 amide bonds. The Morgan fingerprint density at radius 1 is 1.46 bits per heavy atom. The number of aryl methyl sites for hydroxylation is 1. The molecule has 70 valence electrons. The second kappa shape index (κ2) is 4.04. The summed E-state index contributed by atoms with van der Waals surface area (Å²) >= 11 is 1.40. The fraction of sp³-hybridized carbons (Fsp3) is 0.250. The lowest BCUT2D eigenvalue weighted by Crippen LogP contribution is -2.23. The number of ether oxygens (including phenoxy) is 1. The maximum atomic E-state index is 11.0. The molecule has 0 bridgehead atoms. The Morgan fingerprint density at radius 2 is 2.15 bits per heavy atom. The average Bonchev–Trinajstić information content (AvgIpc) is 2.49. The minimum Gasteiger partial charge on any atom is -0.462 e. The predicted octanol–water partition coefficient (Wildman–Crippen LogP) is 1.17. The molecule has 0 saturated heterocycles. The number of esters is 1. The molecule has 0 aliphatic carbocycles. The van der Waals surface area contributed by atoms with Crippen LogP contribution >= 0.6 is 11.3 Å². The van der Waals surface area contributed by atoms with Crippen molar-refractivity contribution < 1.29 is 14.3 Å². The van der Waals surface area contributed by atoms with Crippen molar-refractivity contribution in [2.24, 2.45) is 0 Å². The van der Waals surface area contributed by atoms with E-state index in [1.807, 2.05) is 13.0 Å². The van der Waals surface area contributed by atoms with Crippen LogP contribution in [0, 0.1) is 6.92 Å². The number of nitrogens with one attached hydrogen (secondary N) is 1. The van der Waals surface area contributed by atoms with Crippen LogP contribution in [0.2, 0.25) is 0 Å². The zero-order valence-corrected chi connectivity index (χ0v) is 8.10. The van der Waals surface area contributed by atoms with Crippen LogP contribution in [-0.2, 0) is 14.3 Å². The molecule has 0 radical (unpaired) electrons. The monoisotopic (exact) mass is 199 g/mol. The smallest absolute Gasteiger partial charge is 0.396 e. The van der Waals surface area contributed by atoms with Crippen LogP contribution in [0.4, 0.5) is 5.00 Å². The first-order chi connectivity index (χ1) is 6.13. The third-order valence-electron chi connectivity index (χ3n) is 1.35. The second-order valence-electron chi connectivity index (χ2n) is 2.36. The molecule has 0 aliphatic heterocycles. The Hall–Kier alpha value is -1.36. The highest BCUT2D eigenvalue weighted by Crippen LogP contribution is 2.20. The van der Waals surface area contributed by atoms with Gasteiger partial charge in [-0.05, 0) is 19.1 Å². The lowest BCUT2D eigenvalue weighted by molar-refractivity contribution is -0.150. The highest BCUT2D eigenvalue weighted by atomic mass is 32.1.